The Morgan fingerprint density at radius 1 is 0.295 bits per heavy atom. The summed E-state index contributed by atoms with van der Waals surface area (Å²) >= 11 is 0. The summed E-state index contributed by atoms with van der Waals surface area (Å²) in [4.78, 5) is 74.4. The molecule has 0 unspecified atom stereocenters. The molecule has 0 aromatic rings. The highest BCUT2D eigenvalue weighted by atomic mass is 18.0. The Bertz CT molecular complexity index is 1520. The standard InChI is InChI=1S/C22H33NO39.30C2H4/c1-29-36-42-48-53-57-61-59-55-51-46-40-34-16-22(15-24,17-35-41-47-52-56-60-62-58-54-49-43-37-30-2)14-19(26)8-11-31-12-13-33-39-45-50-44-38-32-10-3-4-18(25)7-9-23-20(27)5-6-21(23)28;30*1-2/h3,5-6,10,24H,4,7-9,11-17H2,1-2H3;30*1-2H2/b10-3+;;;;;;;;;;;;;;;;;;;;;;;;;;;;;;. The number of aliphatic hydroxyl groups excluding tert-OH is 1. The molecular formula is C82H153NO39. The predicted molar refractivity (Wildman–Crippen MR) is 484 cm³/mol. The second kappa shape index (κ2) is 376. The molecule has 1 heterocycles. The fourth-order valence-electron chi connectivity index (χ4n) is 3.11. The summed E-state index contributed by atoms with van der Waals surface area (Å²) in [5, 5.41) is 113. The van der Waals surface area contributed by atoms with Gasteiger partial charge >= 0.3 is 0 Å². The number of amides is 2. The molecule has 1 aliphatic rings. The van der Waals surface area contributed by atoms with Crippen LogP contribution in [0.5, 0.6) is 0 Å². The van der Waals surface area contributed by atoms with Crippen LogP contribution in [0, 0.1) is 5.41 Å². The smallest absolute Gasteiger partial charge is 0.253 e. The zero-order valence-electron chi connectivity index (χ0n) is 73.4. The van der Waals surface area contributed by atoms with Gasteiger partial charge in [0.2, 0.25) is 0 Å². The summed E-state index contributed by atoms with van der Waals surface area (Å²) in [5.74, 6) is -1.86. The van der Waals surface area contributed by atoms with Crippen molar-refractivity contribution in [2.75, 3.05) is 60.4 Å². The van der Waals surface area contributed by atoms with E-state index in [1.165, 1.54) is 6.08 Å². The molecule has 0 saturated heterocycles. The van der Waals surface area contributed by atoms with E-state index in [1.807, 2.05) is 0 Å². The van der Waals surface area contributed by atoms with Crippen molar-refractivity contribution >= 4 is 23.4 Å². The Morgan fingerprint density at radius 2 is 0.516 bits per heavy atom. The second-order valence-electron chi connectivity index (χ2n) is 9.37. The summed E-state index contributed by atoms with van der Waals surface area (Å²) in [7, 11) is 2.13. The molecule has 2 amide bonds. The van der Waals surface area contributed by atoms with Crippen molar-refractivity contribution < 1.29 is 194 Å². The first-order valence-corrected chi connectivity index (χ1v) is 30.4. The fraction of sp³-hybridized carbons (Fsp3) is 0.171. The lowest BCUT2D eigenvalue weighted by atomic mass is 9.84. The molecule has 0 radical (unpaired) electrons. The molecule has 0 atom stereocenters. The first-order valence-electron chi connectivity index (χ1n) is 30.4. The van der Waals surface area contributed by atoms with Gasteiger partial charge in [-0.2, -0.15) is 0 Å². The number of ketones is 2. The number of hydrogen-bond donors (Lipinski definition) is 1. The highest BCUT2D eigenvalue weighted by molar-refractivity contribution is 6.13. The van der Waals surface area contributed by atoms with E-state index in [0.717, 1.165) is 37.5 Å². The summed E-state index contributed by atoms with van der Waals surface area (Å²) < 4.78 is 5.20. The Balaban J connectivity index is -0.0000000422. The quantitative estimate of drug-likeness (QED) is 0.0148. The van der Waals surface area contributed by atoms with E-state index >= 15 is 0 Å². The third kappa shape index (κ3) is 301. The Kier molecular flexibility index (Phi) is 631. The molecule has 1 aliphatic heterocycles. The number of aliphatic hydroxyl groups is 1. The van der Waals surface area contributed by atoms with Gasteiger partial charge in [0.25, 0.3) is 11.8 Å². The van der Waals surface area contributed by atoms with Gasteiger partial charge in [-0.15, -0.1) is 395 Å². The lowest BCUT2D eigenvalue weighted by Gasteiger charge is -2.28. The topological polar surface area (TPSA) is 406 Å². The molecular weight excluding hydrogens is 1620 g/mol. The van der Waals surface area contributed by atoms with E-state index in [2.05, 4.69) is 560 Å². The molecule has 1 N–H and O–H groups in total. The number of rotatable bonds is 49. The molecule has 122 heavy (non-hydrogen) atoms. The summed E-state index contributed by atoms with van der Waals surface area (Å²) in [6.07, 6.45) is 3.42. The minimum absolute atomic E-state index is 0.0630. The van der Waals surface area contributed by atoms with Gasteiger partial charge in [0.05, 0.1) is 52.7 Å². The van der Waals surface area contributed by atoms with Crippen LogP contribution < -0.4 is 0 Å². The van der Waals surface area contributed by atoms with Crippen molar-refractivity contribution in [2.24, 2.45) is 5.41 Å². The molecule has 0 bridgehead atoms. The van der Waals surface area contributed by atoms with Crippen LogP contribution >= 0.6 is 0 Å². The van der Waals surface area contributed by atoms with Crippen LogP contribution in [-0.2, 0) is 189 Å². The van der Waals surface area contributed by atoms with Crippen molar-refractivity contribution in [2.45, 2.75) is 25.7 Å². The second-order valence-corrected chi connectivity index (χ2v) is 9.37. The molecule has 40 nitrogen and oxygen atoms in total. The van der Waals surface area contributed by atoms with Crippen molar-refractivity contribution in [3.8, 4) is 0 Å². The van der Waals surface area contributed by atoms with Gasteiger partial charge in [-0.1, -0.05) is 0 Å². The van der Waals surface area contributed by atoms with Gasteiger partial charge < -0.3 is 14.7 Å². The zero-order chi connectivity index (χ0) is 105. The number of carbonyl (C=O) groups is 4. The van der Waals surface area contributed by atoms with Gasteiger partial charge in [-0.25, -0.2) is 24.4 Å². The maximum absolute atomic E-state index is 12.7. The van der Waals surface area contributed by atoms with Crippen molar-refractivity contribution in [1.29, 1.82) is 0 Å². The lowest BCUT2D eigenvalue weighted by molar-refractivity contribution is -0.870. The average molecular weight is 1780 g/mol. The van der Waals surface area contributed by atoms with Crippen molar-refractivity contribution in [3.05, 3.63) is 419 Å². The number of nitrogens with zero attached hydrogens (tertiary/aromatic N) is 1. The first-order chi connectivity index (χ1) is 60.4. The van der Waals surface area contributed by atoms with Crippen LogP contribution in [0.2, 0.25) is 0 Å². The number of carbonyl (C=O) groups excluding carboxylic acids is 4. The maximum Gasteiger partial charge on any atom is 0.253 e. The molecule has 0 aliphatic carbocycles. The summed E-state index contributed by atoms with van der Waals surface area (Å²) in [6, 6.07) is 0. The largest absolute Gasteiger partial charge is 0.396 e. The summed E-state index contributed by atoms with van der Waals surface area (Å²) in [5.41, 5.74) is -1.69. The molecule has 0 aromatic carbocycles. The monoisotopic (exact) mass is 1780 g/mol. The number of hydrogen-bond acceptors (Lipinski definition) is 39. The molecule has 0 fully saturated rings. The van der Waals surface area contributed by atoms with Crippen LogP contribution in [-0.4, -0.2) is 93.8 Å². The number of ether oxygens (including phenoxy) is 1. The number of imide groups is 1. The van der Waals surface area contributed by atoms with E-state index in [4.69, 9.17) is 4.74 Å². The van der Waals surface area contributed by atoms with Gasteiger partial charge in [0, 0.05) is 59.5 Å². The van der Waals surface area contributed by atoms with Gasteiger partial charge in [0.15, 0.2) is 0 Å². The van der Waals surface area contributed by atoms with E-state index in [1.54, 1.807) is 0 Å². The van der Waals surface area contributed by atoms with Gasteiger partial charge in [-0.05, 0) is 127 Å². The van der Waals surface area contributed by atoms with Crippen LogP contribution in [0.3, 0.4) is 0 Å². The van der Waals surface area contributed by atoms with Crippen LogP contribution in [0.25, 0.3) is 0 Å². The Morgan fingerprint density at radius 3 is 0.754 bits per heavy atom. The van der Waals surface area contributed by atoms with Gasteiger partial charge in [0.1, 0.15) is 24.4 Å². The molecule has 0 saturated carbocycles. The molecule has 40 heteroatoms. The highest BCUT2D eigenvalue weighted by Gasteiger charge is 2.35. The Labute approximate surface area is 730 Å². The van der Waals surface area contributed by atoms with Crippen molar-refractivity contribution in [1.82, 2.24) is 4.90 Å². The molecule has 0 spiro atoms. The van der Waals surface area contributed by atoms with Crippen LogP contribution in [0.1, 0.15) is 25.7 Å². The SMILES string of the molecule is C=C.C=C.C=C.C=C.C=C.C=C.C=C.C=C.C=C.C=C.C=C.C=C.C=C.C=C.C=C.C=C.C=C.C=C.C=C.C=C.C=C.C=C.C=C.C=C.C=C.C=C.C=C.C=C.C=C.C=C.COOOOOOOOOOOOOCC(CO)(COOOOOOOOOOOOOC)CC(=O)CCOCCOOOOOOO/C=C/CC(=O)CCN1C(=O)C=CC1=O. The molecule has 1 rings (SSSR count). The van der Waals surface area contributed by atoms with Crippen LogP contribution in [0.4, 0.5) is 0 Å². The van der Waals surface area contributed by atoms with Gasteiger partial charge in [-0.3, -0.25) is 24.1 Å². The highest BCUT2D eigenvalue weighted by Crippen LogP contribution is 2.25. The van der Waals surface area contributed by atoms with E-state index in [0.29, 0.717) is 0 Å². The van der Waals surface area contributed by atoms with Crippen molar-refractivity contribution in [3.63, 3.8) is 0 Å². The third-order valence-corrected chi connectivity index (χ3v) is 5.47. The molecule has 0 aromatic heterocycles. The van der Waals surface area contributed by atoms with Crippen LogP contribution in [0.15, 0.2) is 419 Å². The number of Topliss-reactive ketones (excluding diaryl/α,β-unsaturated/α-hetero) is 2. The summed E-state index contributed by atoms with van der Waals surface area (Å²) in [6.45, 7) is 177. The maximum atomic E-state index is 12.7. The predicted octanol–water partition coefficient (Wildman–Crippen LogP) is 22.4. The minimum atomic E-state index is -1.69. The third-order valence-electron chi connectivity index (χ3n) is 5.47. The number of allylic oxidation sites excluding steroid dienone is 1. The average Bonchev–Trinajstić information content (AvgIpc) is 1.26. The zero-order valence-corrected chi connectivity index (χ0v) is 73.4. The van der Waals surface area contributed by atoms with E-state index in [9.17, 15) is 24.3 Å². The fourth-order valence-corrected chi connectivity index (χ4v) is 3.11. The normalized spacial score (nSPS) is 7.61. The minimum Gasteiger partial charge on any atom is -0.396 e. The van der Waals surface area contributed by atoms with E-state index in [-0.39, 0.29) is 51.4 Å². The Hall–Kier alpha value is -11.4. The van der Waals surface area contributed by atoms with E-state index < -0.39 is 49.3 Å². The first kappa shape index (κ1) is 205. The lowest BCUT2D eigenvalue weighted by Crippen LogP contribution is -2.38. The molecule has 720 valence electrons.